The third-order valence-corrected chi connectivity index (χ3v) is 1.96. The minimum Gasteiger partial charge on any atom is -0.379 e. The van der Waals surface area contributed by atoms with Gasteiger partial charge in [-0.3, -0.25) is 0 Å². The number of benzene rings is 1. The first-order valence-corrected chi connectivity index (χ1v) is 6.18. The van der Waals surface area contributed by atoms with E-state index in [-0.39, 0.29) is 0 Å². The van der Waals surface area contributed by atoms with E-state index in [1.165, 1.54) is 5.56 Å². The standard InChI is InChI=1S/C8H8.C7H16O2/c1-2-8-6-4-3-5-7-8;1-3-5-9-7-6-8-4-2/h2-7H,1H2;3-7H2,1-2H3. The quantitative estimate of drug-likeness (QED) is 0.671. The molecule has 0 heterocycles. The lowest BCUT2D eigenvalue weighted by Crippen LogP contribution is -2.03. The molecule has 0 amide bonds. The fourth-order valence-corrected chi connectivity index (χ4v) is 1.10. The highest BCUT2D eigenvalue weighted by molar-refractivity contribution is 5.45. The van der Waals surface area contributed by atoms with Gasteiger partial charge in [-0.1, -0.05) is 49.9 Å². The Kier molecular flexibility index (Phi) is 12.1. The summed E-state index contributed by atoms with van der Waals surface area (Å²) in [6.45, 7) is 10.8. The van der Waals surface area contributed by atoms with Crippen LogP contribution in [0.5, 0.6) is 0 Å². The lowest BCUT2D eigenvalue weighted by molar-refractivity contribution is 0.0531. The largest absolute Gasteiger partial charge is 0.379 e. The van der Waals surface area contributed by atoms with Crippen LogP contribution in [0.25, 0.3) is 6.08 Å². The first kappa shape index (κ1) is 15.9. The van der Waals surface area contributed by atoms with E-state index in [2.05, 4.69) is 13.5 Å². The van der Waals surface area contributed by atoms with E-state index in [9.17, 15) is 0 Å². The predicted molar refractivity (Wildman–Crippen MR) is 74.1 cm³/mol. The van der Waals surface area contributed by atoms with Crippen molar-refractivity contribution in [1.82, 2.24) is 0 Å². The van der Waals surface area contributed by atoms with Gasteiger partial charge in [0, 0.05) is 13.2 Å². The number of rotatable bonds is 7. The van der Waals surface area contributed by atoms with Crippen molar-refractivity contribution in [2.75, 3.05) is 26.4 Å². The Hall–Kier alpha value is -1.12. The Bertz CT molecular complexity index is 251. The smallest absolute Gasteiger partial charge is 0.0700 e. The van der Waals surface area contributed by atoms with Crippen LogP contribution in [0.15, 0.2) is 36.9 Å². The van der Waals surface area contributed by atoms with Crippen molar-refractivity contribution >= 4 is 6.08 Å². The van der Waals surface area contributed by atoms with Gasteiger partial charge in [0.15, 0.2) is 0 Å². The average Bonchev–Trinajstić information content (AvgIpc) is 2.40. The molecule has 1 rings (SSSR count). The molecule has 96 valence electrons. The SMILES string of the molecule is C=Cc1ccccc1.CCCOCCOCC. The zero-order valence-corrected chi connectivity index (χ0v) is 11.0. The molecule has 0 bridgehead atoms. The molecule has 1 aromatic carbocycles. The van der Waals surface area contributed by atoms with E-state index in [0.29, 0.717) is 0 Å². The minimum absolute atomic E-state index is 0.733. The maximum Gasteiger partial charge on any atom is 0.0700 e. The van der Waals surface area contributed by atoms with Crippen molar-refractivity contribution < 1.29 is 9.47 Å². The van der Waals surface area contributed by atoms with Crippen molar-refractivity contribution in [1.29, 1.82) is 0 Å². The minimum atomic E-state index is 0.733. The maximum absolute atomic E-state index is 5.16. The normalized spacial score (nSPS) is 9.29. The molecule has 0 aliphatic rings. The van der Waals surface area contributed by atoms with Crippen LogP contribution >= 0.6 is 0 Å². The summed E-state index contributed by atoms with van der Waals surface area (Å²) in [4.78, 5) is 0. The highest BCUT2D eigenvalue weighted by Gasteiger charge is 1.83. The summed E-state index contributed by atoms with van der Waals surface area (Å²) in [6, 6.07) is 10.0. The molecule has 17 heavy (non-hydrogen) atoms. The molecule has 0 aliphatic carbocycles. The molecule has 0 saturated heterocycles. The molecule has 0 saturated carbocycles. The molecule has 0 aromatic heterocycles. The molecular weight excluding hydrogens is 212 g/mol. The van der Waals surface area contributed by atoms with Crippen molar-refractivity contribution in [2.45, 2.75) is 20.3 Å². The van der Waals surface area contributed by atoms with E-state index in [1.54, 1.807) is 0 Å². The Morgan fingerprint density at radius 2 is 1.65 bits per heavy atom. The third-order valence-electron chi connectivity index (χ3n) is 1.96. The van der Waals surface area contributed by atoms with Gasteiger partial charge < -0.3 is 9.47 Å². The van der Waals surface area contributed by atoms with E-state index in [1.807, 2.05) is 43.3 Å². The lowest BCUT2D eigenvalue weighted by Gasteiger charge is -2.00. The summed E-state index contributed by atoms with van der Waals surface area (Å²) in [5.41, 5.74) is 1.17. The summed E-state index contributed by atoms with van der Waals surface area (Å²) >= 11 is 0. The molecule has 0 spiro atoms. The van der Waals surface area contributed by atoms with Gasteiger partial charge in [-0.05, 0) is 18.9 Å². The van der Waals surface area contributed by atoms with Gasteiger partial charge in [-0.2, -0.15) is 0 Å². The molecule has 0 aliphatic heterocycles. The summed E-state index contributed by atoms with van der Waals surface area (Å²) < 4.78 is 10.2. The maximum atomic E-state index is 5.16. The number of ether oxygens (including phenoxy) is 2. The van der Waals surface area contributed by atoms with Crippen LogP contribution < -0.4 is 0 Å². The average molecular weight is 236 g/mol. The van der Waals surface area contributed by atoms with Gasteiger partial charge in [0.25, 0.3) is 0 Å². The van der Waals surface area contributed by atoms with Crippen LogP contribution in [0.1, 0.15) is 25.8 Å². The zero-order valence-electron chi connectivity index (χ0n) is 11.0. The van der Waals surface area contributed by atoms with Crippen molar-refractivity contribution in [3.63, 3.8) is 0 Å². The molecule has 0 fully saturated rings. The summed E-state index contributed by atoms with van der Waals surface area (Å²) in [6.07, 6.45) is 2.92. The molecule has 0 unspecified atom stereocenters. The monoisotopic (exact) mass is 236 g/mol. The molecule has 0 N–H and O–H groups in total. The lowest BCUT2D eigenvalue weighted by atomic mass is 10.2. The first-order chi connectivity index (χ1) is 8.35. The summed E-state index contributed by atoms with van der Waals surface area (Å²) in [5, 5.41) is 0. The Balaban J connectivity index is 0.000000302. The second-order valence-electron chi connectivity index (χ2n) is 3.42. The Morgan fingerprint density at radius 1 is 1.00 bits per heavy atom. The topological polar surface area (TPSA) is 18.5 Å². The first-order valence-electron chi connectivity index (χ1n) is 6.18. The molecule has 0 atom stereocenters. The van der Waals surface area contributed by atoms with Crippen molar-refractivity contribution in [3.05, 3.63) is 42.5 Å². The molecule has 1 aromatic rings. The second kappa shape index (κ2) is 12.9. The fraction of sp³-hybridized carbons (Fsp3) is 0.467. The van der Waals surface area contributed by atoms with E-state index in [4.69, 9.17) is 9.47 Å². The van der Waals surface area contributed by atoms with E-state index in [0.717, 1.165) is 32.8 Å². The van der Waals surface area contributed by atoms with E-state index >= 15 is 0 Å². The molecule has 0 radical (unpaired) electrons. The Labute approximate surface area is 105 Å². The fourth-order valence-electron chi connectivity index (χ4n) is 1.10. The van der Waals surface area contributed by atoms with Crippen molar-refractivity contribution in [3.8, 4) is 0 Å². The van der Waals surface area contributed by atoms with Gasteiger partial charge in [-0.15, -0.1) is 0 Å². The number of hydrogen-bond acceptors (Lipinski definition) is 2. The van der Waals surface area contributed by atoms with Gasteiger partial charge in [0.05, 0.1) is 13.2 Å². The van der Waals surface area contributed by atoms with Crippen LogP contribution in [-0.2, 0) is 9.47 Å². The van der Waals surface area contributed by atoms with E-state index < -0.39 is 0 Å². The number of hydrogen-bond donors (Lipinski definition) is 0. The van der Waals surface area contributed by atoms with Gasteiger partial charge in [0.2, 0.25) is 0 Å². The molecule has 2 nitrogen and oxygen atoms in total. The van der Waals surface area contributed by atoms with Gasteiger partial charge >= 0.3 is 0 Å². The highest BCUT2D eigenvalue weighted by atomic mass is 16.5. The van der Waals surface area contributed by atoms with Gasteiger partial charge in [0.1, 0.15) is 0 Å². The van der Waals surface area contributed by atoms with Crippen LogP contribution in [-0.4, -0.2) is 26.4 Å². The van der Waals surface area contributed by atoms with Gasteiger partial charge in [-0.25, -0.2) is 0 Å². The predicted octanol–water partition coefficient (Wildman–Crippen LogP) is 3.78. The van der Waals surface area contributed by atoms with Crippen LogP contribution in [0, 0.1) is 0 Å². The van der Waals surface area contributed by atoms with Crippen molar-refractivity contribution in [2.24, 2.45) is 0 Å². The Morgan fingerprint density at radius 3 is 2.12 bits per heavy atom. The van der Waals surface area contributed by atoms with Crippen LogP contribution in [0.3, 0.4) is 0 Å². The molecule has 2 heteroatoms. The third kappa shape index (κ3) is 11.1. The molecular formula is C15H24O2. The summed E-state index contributed by atoms with van der Waals surface area (Å²) in [5.74, 6) is 0. The van der Waals surface area contributed by atoms with Crippen LogP contribution in [0.2, 0.25) is 0 Å². The highest BCUT2D eigenvalue weighted by Crippen LogP contribution is 1.97. The summed E-state index contributed by atoms with van der Waals surface area (Å²) in [7, 11) is 0. The second-order valence-corrected chi connectivity index (χ2v) is 3.42. The zero-order chi connectivity index (χ0) is 12.8. The van der Waals surface area contributed by atoms with Crippen LogP contribution in [0.4, 0.5) is 0 Å².